The van der Waals surface area contributed by atoms with Gasteiger partial charge in [0.1, 0.15) is 10.6 Å². The zero-order valence-electron chi connectivity index (χ0n) is 24.4. The van der Waals surface area contributed by atoms with Crippen LogP contribution in [0.25, 0.3) is 26.0 Å². The van der Waals surface area contributed by atoms with Crippen molar-refractivity contribution in [3.05, 3.63) is 99.5 Å². The summed E-state index contributed by atoms with van der Waals surface area (Å²) in [5, 5.41) is 2.27. The van der Waals surface area contributed by atoms with Gasteiger partial charge in [-0.3, -0.25) is 9.20 Å². The van der Waals surface area contributed by atoms with Crippen LogP contribution < -0.4 is 15.0 Å². The van der Waals surface area contributed by atoms with Crippen LogP contribution in [0.3, 0.4) is 0 Å². The maximum Gasteiger partial charge on any atom is 0.356 e. The lowest BCUT2D eigenvalue weighted by molar-refractivity contribution is 0.0518. The molecule has 0 atom stereocenters. The van der Waals surface area contributed by atoms with Gasteiger partial charge in [0.05, 0.1) is 25.7 Å². The summed E-state index contributed by atoms with van der Waals surface area (Å²) in [6.07, 6.45) is 0.515. The number of hydrogen-bond donors (Lipinski definition) is 0. The molecule has 41 heavy (non-hydrogen) atoms. The monoisotopic (exact) mass is 585 g/mol. The van der Waals surface area contributed by atoms with Gasteiger partial charge < -0.3 is 14.2 Å². The van der Waals surface area contributed by atoms with Crippen LogP contribution in [0.2, 0.25) is 25.7 Å². The molecule has 0 radical (unpaired) electrons. The van der Waals surface area contributed by atoms with E-state index in [1.54, 1.807) is 20.3 Å². The number of pyridine rings is 1. The van der Waals surface area contributed by atoms with Gasteiger partial charge in [0.25, 0.3) is 5.56 Å². The Morgan fingerprint density at radius 3 is 2.39 bits per heavy atom. The third kappa shape index (κ3) is 5.80. The number of methoxy groups -OCH3 is 2. The second-order valence-corrected chi connectivity index (χ2v) is 18.0. The number of esters is 1. The van der Waals surface area contributed by atoms with Gasteiger partial charge in [-0.25, -0.2) is 4.79 Å². The van der Waals surface area contributed by atoms with E-state index in [1.165, 1.54) is 15.7 Å². The molecule has 2 aromatic heterocycles. The van der Waals surface area contributed by atoms with E-state index in [4.69, 9.17) is 14.2 Å². The number of ether oxygens (including phenoxy) is 3. The third-order valence-corrected chi connectivity index (χ3v) is 10.1. The van der Waals surface area contributed by atoms with E-state index >= 15 is 0 Å². The van der Waals surface area contributed by atoms with Crippen molar-refractivity contribution in [3.63, 3.8) is 0 Å². The van der Waals surface area contributed by atoms with Gasteiger partial charge in [-0.15, -0.1) is 11.3 Å². The minimum atomic E-state index is -1.43. The number of fused-ring (bicyclic) bond motifs is 2. The number of aryl methyl sites for hydroxylation is 1. The molecule has 0 saturated carbocycles. The molecular formula is C33H35NO5SSi. The quantitative estimate of drug-likeness (QED) is 0.132. The molecule has 6 nitrogen and oxygen atoms in total. The fourth-order valence-corrected chi connectivity index (χ4v) is 7.09. The van der Waals surface area contributed by atoms with Crippen molar-refractivity contribution in [2.45, 2.75) is 39.0 Å². The van der Waals surface area contributed by atoms with Crippen molar-refractivity contribution in [2.24, 2.45) is 0 Å². The Kier molecular flexibility index (Phi) is 8.06. The molecule has 0 unspecified atom stereocenters. The van der Waals surface area contributed by atoms with Crippen LogP contribution in [0.1, 0.15) is 27.2 Å². The Labute approximate surface area is 245 Å². The van der Waals surface area contributed by atoms with Crippen LogP contribution in [0.15, 0.2) is 71.5 Å². The molecule has 0 amide bonds. The standard InChI is InChI=1S/C33H35NO5SSi/c1-21-18-24(14-15-27(21)37-2)31-29(33(36)39-16-17-41(4,5)6)34-28(35)20-25(30(38-3)32(34)40-31)19-23-12-9-11-22-10-7-8-13-26(22)23/h7-15,18,20H,16-17,19H2,1-6H3. The normalized spacial score (nSPS) is 11.7. The number of carbonyl (C=O) groups is 1. The fourth-order valence-electron chi connectivity index (χ4n) is 5.09. The molecule has 0 aliphatic carbocycles. The first-order valence-corrected chi connectivity index (χ1v) is 18.2. The van der Waals surface area contributed by atoms with E-state index < -0.39 is 14.0 Å². The molecule has 3 aromatic carbocycles. The summed E-state index contributed by atoms with van der Waals surface area (Å²) in [6, 6.07) is 22.6. The van der Waals surface area contributed by atoms with Gasteiger partial charge in [0.15, 0.2) is 11.4 Å². The van der Waals surface area contributed by atoms with Crippen molar-refractivity contribution < 1.29 is 19.0 Å². The van der Waals surface area contributed by atoms with Crippen LogP contribution in [-0.2, 0) is 11.2 Å². The van der Waals surface area contributed by atoms with Gasteiger partial charge >= 0.3 is 5.97 Å². The highest BCUT2D eigenvalue weighted by Gasteiger charge is 2.27. The van der Waals surface area contributed by atoms with Crippen LogP contribution in [0.4, 0.5) is 0 Å². The Morgan fingerprint density at radius 2 is 1.68 bits per heavy atom. The van der Waals surface area contributed by atoms with E-state index in [9.17, 15) is 9.59 Å². The van der Waals surface area contributed by atoms with Crippen molar-refractivity contribution in [3.8, 4) is 21.9 Å². The maximum atomic E-state index is 13.8. The van der Waals surface area contributed by atoms with E-state index in [2.05, 4.69) is 43.9 Å². The van der Waals surface area contributed by atoms with E-state index in [0.29, 0.717) is 28.5 Å². The molecule has 0 aliphatic heterocycles. The predicted molar refractivity (Wildman–Crippen MR) is 170 cm³/mol. The molecule has 0 N–H and O–H groups in total. The molecule has 2 heterocycles. The van der Waals surface area contributed by atoms with Gasteiger partial charge in [0, 0.05) is 26.1 Å². The van der Waals surface area contributed by atoms with Crippen molar-refractivity contribution >= 4 is 41.0 Å². The lowest BCUT2D eigenvalue weighted by Gasteiger charge is -2.16. The molecule has 0 spiro atoms. The Morgan fingerprint density at radius 1 is 0.927 bits per heavy atom. The predicted octanol–water partition coefficient (Wildman–Crippen LogP) is 7.59. The average molecular weight is 586 g/mol. The summed E-state index contributed by atoms with van der Waals surface area (Å²) in [4.78, 5) is 28.7. The number of hydrogen-bond acceptors (Lipinski definition) is 6. The van der Waals surface area contributed by atoms with Crippen LogP contribution >= 0.6 is 11.3 Å². The Hall–Kier alpha value is -3.88. The lowest BCUT2D eigenvalue weighted by atomic mass is 9.98. The third-order valence-electron chi connectivity index (χ3n) is 7.25. The molecule has 5 aromatic rings. The SMILES string of the molecule is COc1ccc(-c2sc3c(OC)c(Cc4cccc5ccccc45)cc(=O)n3c2C(=O)OCC[Si](C)(C)C)cc1C. The van der Waals surface area contributed by atoms with E-state index in [0.717, 1.165) is 44.8 Å². The number of benzene rings is 3. The minimum absolute atomic E-state index is 0.227. The van der Waals surface area contributed by atoms with Gasteiger partial charge in [-0.05, 0) is 58.6 Å². The zero-order chi connectivity index (χ0) is 29.3. The molecule has 0 fully saturated rings. The summed E-state index contributed by atoms with van der Waals surface area (Å²) in [5.74, 6) is 0.820. The molecule has 212 valence electrons. The fraction of sp³-hybridized carbons (Fsp3) is 0.273. The van der Waals surface area contributed by atoms with Crippen molar-refractivity contribution in [1.82, 2.24) is 4.40 Å². The van der Waals surface area contributed by atoms with Gasteiger partial charge in [0.2, 0.25) is 0 Å². The highest BCUT2D eigenvalue weighted by molar-refractivity contribution is 7.21. The first-order valence-electron chi connectivity index (χ1n) is 13.7. The van der Waals surface area contributed by atoms with Crippen molar-refractivity contribution in [1.29, 1.82) is 0 Å². The Bertz CT molecular complexity index is 1810. The minimum Gasteiger partial charge on any atom is -0.496 e. The highest BCUT2D eigenvalue weighted by atomic mass is 32.1. The molecule has 5 rings (SSSR count). The number of nitrogens with zero attached hydrogens (tertiary/aromatic N) is 1. The Balaban J connectivity index is 1.69. The van der Waals surface area contributed by atoms with Gasteiger partial charge in [-0.1, -0.05) is 62.1 Å². The topological polar surface area (TPSA) is 66.2 Å². The maximum absolute atomic E-state index is 13.8. The number of thiazole rings is 1. The van der Waals surface area contributed by atoms with Crippen LogP contribution in [-0.4, -0.2) is 39.3 Å². The summed E-state index contributed by atoms with van der Waals surface area (Å²) < 4.78 is 18.7. The second kappa shape index (κ2) is 11.5. The molecular weight excluding hydrogens is 551 g/mol. The smallest absolute Gasteiger partial charge is 0.356 e. The lowest BCUT2D eigenvalue weighted by Crippen LogP contribution is -2.24. The number of carbonyl (C=O) groups excluding carboxylic acids is 1. The summed E-state index contributed by atoms with van der Waals surface area (Å²) >= 11 is 1.37. The first-order chi connectivity index (χ1) is 19.6. The summed E-state index contributed by atoms with van der Waals surface area (Å²) in [5.41, 5.74) is 3.54. The second-order valence-electron chi connectivity index (χ2n) is 11.4. The largest absolute Gasteiger partial charge is 0.496 e. The van der Waals surface area contributed by atoms with E-state index in [-0.39, 0.29) is 11.3 Å². The highest BCUT2D eigenvalue weighted by Crippen LogP contribution is 2.40. The van der Waals surface area contributed by atoms with Crippen LogP contribution in [0, 0.1) is 6.92 Å². The average Bonchev–Trinajstić information content (AvgIpc) is 3.34. The van der Waals surface area contributed by atoms with E-state index in [1.807, 2.05) is 43.3 Å². The first kappa shape index (κ1) is 28.6. The van der Waals surface area contributed by atoms with Crippen molar-refractivity contribution in [2.75, 3.05) is 20.8 Å². The molecule has 8 heteroatoms. The molecule has 0 aliphatic rings. The number of rotatable bonds is 9. The molecule has 0 bridgehead atoms. The summed E-state index contributed by atoms with van der Waals surface area (Å²) in [7, 11) is 1.81. The zero-order valence-corrected chi connectivity index (χ0v) is 26.2. The number of aromatic nitrogens is 1. The van der Waals surface area contributed by atoms with Gasteiger partial charge in [-0.2, -0.15) is 0 Å². The van der Waals surface area contributed by atoms with Crippen LogP contribution in [0.5, 0.6) is 11.5 Å². The summed E-state index contributed by atoms with van der Waals surface area (Å²) in [6.45, 7) is 8.98. The molecule has 0 saturated heterocycles.